The van der Waals surface area contributed by atoms with E-state index in [-0.39, 0.29) is 18.4 Å². The molecule has 1 rings (SSSR count). The number of hydrogen-bond donors (Lipinski definition) is 1. The minimum atomic E-state index is -0.142. The van der Waals surface area contributed by atoms with Gasteiger partial charge in [0.1, 0.15) is 0 Å². The molecule has 0 radical (unpaired) electrons. The summed E-state index contributed by atoms with van der Waals surface area (Å²) in [7, 11) is 0. The van der Waals surface area contributed by atoms with Gasteiger partial charge in [0, 0.05) is 6.04 Å². The zero-order valence-electron chi connectivity index (χ0n) is 7.53. The Morgan fingerprint density at radius 3 is 2.62 bits per heavy atom. The van der Waals surface area contributed by atoms with Crippen molar-refractivity contribution in [2.24, 2.45) is 5.73 Å². The number of nitriles is 1. The SMILES string of the molecule is Cc1ccccc1[C@H](N)CC#N.Cl. The van der Waals surface area contributed by atoms with Crippen LogP contribution in [0, 0.1) is 18.3 Å². The molecule has 1 atom stereocenters. The number of benzene rings is 1. The van der Waals surface area contributed by atoms with Gasteiger partial charge in [0.2, 0.25) is 0 Å². The molecule has 0 aromatic heterocycles. The van der Waals surface area contributed by atoms with Crippen molar-refractivity contribution in [3.63, 3.8) is 0 Å². The van der Waals surface area contributed by atoms with Crippen molar-refractivity contribution in [2.45, 2.75) is 19.4 Å². The van der Waals surface area contributed by atoms with Crippen LogP contribution in [0.25, 0.3) is 0 Å². The van der Waals surface area contributed by atoms with Crippen LogP contribution in [-0.2, 0) is 0 Å². The second-order valence-corrected chi connectivity index (χ2v) is 2.83. The van der Waals surface area contributed by atoms with Crippen LogP contribution >= 0.6 is 12.4 Å². The summed E-state index contributed by atoms with van der Waals surface area (Å²) >= 11 is 0. The van der Waals surface area contributed by atoms with E-state index in [2.05, 4.69) is 6.07 Å². The molecule has 0 unspecified atom stereocenters. The van der Waals surface area contributed by atoms with Gasteiger partial charge in [0.05, 0.1) is 12.5 Å². The lowest BCUT2D eigenvalue weighted by atomic mass is 10.0. The van der Waals surface area contributed by atoms with Gasteiger partial charge < -0.3 is 5.73 Å². The highest BCUT2D eigenvalue weighted by Gasteiger charge is 2.06. The summed E-state index contributed by atoms with van der Waals surface area (Å²) < 4.78 is 0. The minimum Gasteiger partial charge on any atom is -0.323 e. The van der Waals surface area contributed by atoms with Crippen LogP contribution in [0.15, 0.2) is 24.3 Å². The molecule has 70 valence electrons. The lowest BCUT2D eigenvalue weighted by Gasteiger charge is -2.10. The quantitative estimate of drug-likeness (QED) is 0.790. The molecule has 1 aromatic carbocycles. The van der Waals surface area contributed by atoms with Crippen LogP contribution in [-0.4, -0.2) is 0 Å². The van der Waals surface area contributed by atoms with E-state index in [1.807, 2.05) is 31.2 Å². The number of aryl methyl sites for hydroxylation is 1. The summed E-state index contributed by atoms with van der Waals surface area (Å²) in [5, 5.41) is 8.46. The van der Waals surface area contributed by atoms with Crippen LogP contribution in [0.5, 0.6) is 0 Å². The Hall–Kier alpha value is -1.04. The average Bonchev–Trinajstić information content (AvgIpc) is 2.05. The highest BCUT2D eigenvalue weighted by molar-refractivity contribution is 5.85. The Kier molecular flexibility index (Phi) is 5.13. The largest absolute Gasteiger partial charge is 0.323 e. The van der Waals surface area contributed by atoms with Gasteiger partial charge in [-0.1, -0.05) is 24.3 Å². The highest BCUT2D eigenvalue weighted by Crippen LogP contribution is 2.16. The first-order valence-corrected chi connectivity index (χ1v) is 3.93. The molecule has 0 amide bonds. The zero-order valence-corrected chi connectivity index (χ0v) is 8.34. The van der Waals surface area contributed by atoms with E-state index >= 15 is 0 Å². The van der Waals surface area contributed by atoms with Crippen LogP contribution in [0.3, 0.4) is 0 Å². The van der Waals surface area contributed by atoms with Crippen molar-refractivity contribution >= 4 is 12.4 Å². The summed E-state index contributed by atoms with van der Waals surface area (Å²) in [5.41, 5.74) is 8.01. The topological polar surface area (TPSA) is 49.8 Å². The molecule has 2 nitrogen and oxygen atoms in total. The summed E-state index contributed by atoms with van der Waals surface area (Å²) in [5.74, 6) is 0. The van der Waals surface area contributed by atoms with Crippen molar-refractivity contribution in [3.8, 4) is 6.07 Å². The molecule has 0 fully saturated rings. The summed E-state index contributed by atoms with van der Waals surface area (Å²) in [6.07, 6.45) is 0.380. The van der Waals surface area contributed by atoms with Crippen molar-refractivity contribution in [3.05, 3.63) is 35.4 Å². The molecule has 0 saturated carbocycles. The Labute approximate surface area is 84.8 Å². The van der Waals surface area contributed by atoms with Gasteiger partial charge in [-0.25, -0.2) is 0 Å². The maximum absolute atomic E-state index is 8.46. The molecule has 3 heteroatoms. The number of hydrogen-bond acceptors (Lipinski definition) is 2. The monoisotopic (exact) mass is 196 g/mol. The molecular weight excluding hydrogens is 184 g/mol. The number of nitrogens with two attached hydrogens (primary N) is 1. The zero-order chi connectivity index (χ0) is 8.97. The minimum absolute atomic E-state index is 0. The van der Waals surface area contributed by atoms with E-state index in [1.54, 1.807) is 0 Å². The van der Waals surface area contributed by atoms with Crippen molar-refractivity contribution in [1.82, 2.24) is 0 Å². The second-order valence-electron chi connectivity index (χ2n) is 2.83. The third-order valence-corrected chi connectivity index (χ3v) is 1.90. The van der Waals surface area contributed by atoms with Crippen molar-refractivity contribution in [1.29, 1.82) is 5.26 Å². The maximum atomic E-state index is 8.46. The number of nitrogens with zero attached hydrogens (tertiary/aromatic N) is 1. The fourth-order valence-electron chi connectivity index (χ4n) is 1.21. The van der Waals surface area contributed by atoms with Gasteiger partial charge >= 0.3 is 0 Å². The van der Waals surface area contributed by atoms with Crippen molar-refractivity contribution < 1.29 is 0 Å². The molecule has 0 bridgehead atoms. The van der Waals surface area contributed by atoms with E-state index in [1.165, 1.54) is 0 Å². The molecule has 1 aromatic rings. The van der Waals surface area contributed by atoms with Gasteiger partial charge in [-0.3, -0.25) is 0 Å². The third-order valence-electron chi connectivity index (χ3n) is 1.90. The molecule has 0 aliphatic heterocycles. The van der Waals surface area contributed by atoms with Crippen molar-refractivity contribution in [2.75, 3.05) is 0 Å². The first kappa shape index (κ1) is 12.0. The third kappa shape index (κ3) is 3.06. The standard InChI is InChI=1S/C10H12N2.ClH/c1-8-4-2-3-5-9(8)10(12)6-7-11;/h2-5,10H,6,12H2,1H3;1H/t10-;/m1./s1. The number of halogens is 1. The van der Waals surface area contributed by atoms with Crippen LogP contribution in [0.4, 0.5) is 0 Å². The van der Waals surface area contributed by atoms with E-state index < -0.39 is 0 Å². The normalized spacial score (nSPS) is 11.2. The molecule has 0 aliphatic rings. The Balaban J connectivity index is 0.00000144. The smallest absolute Gasteiger partial charge is 0.0641 e. The molecular formula is C10H13ClN2. The molecule has 13 heavy (non-hydrogen) atoms. The van der Waals surface area contributed by atoms with Crippen LogP contribution in [0.1, 0.15) is 23.6 Å². The lowest BCUT2D eigenvalue weighted by Crippen LogP contribution is -2.10. The first-order chi connectivity index (χ1) is 5.75. The Morgan fingerprint density at radius 2 is 2.08 bits per heavy atom. The molecule has 0 heterocycles. The summed E-state index contributed by atoms with van der Waals surface area (Å²) in [6, 6.07) is 9.82. The van der Waals surface area contributed by atoms with Gasteiger partial charge in [-0.2, -0.15) is 5.26 Å². The first-order valence-electron chi connectivity index (χ1n) is 3.93. The summed E-state index contributed by atoms with van der Waals surface area (Å²) in [6.45, 7) is 2.01. The molecule has 2 N–H and O–H groups in total. The van der Waals surface area contributed by atoms with Gasteiger partial charge in [-0.15, -0.1) is 12.4 Å². The molecule has 0 spiro atoms. The van der Waals surface area contributed by atoms with Gasteiger partial charge in [0.25, 0.3) is 0 Å². The van der Waals surface area contributed by atoms with E-state index in [0.717, 1.165) is 11.1 Å². The fourth-order valence-corrected chi connectivity index (χ4v) is 1.21. The highest BCUT2D eigenvalue weighted by atomic mass is 35.5. The van der Waals surface area contributed by atoms with E-state index in [9.17, 15) is 0 Å². The maximum Gasteiger partial charge on any atom is 0.0641 e. The Bertz CT molecular complexity index is 304. The predicted molar refractivity (Wildman–Crippen MR) is 55.6 cm³/mol. The average molecular weight is 197 g/mol. The van der Waals surface area contributed by atoms with Gasteiger partial charge in [-0.05, 0) is 18.1 Å². The Morgan fingerprint density at radius 1 is 1.46 bits per heavy atom. The van der Waals surface area contributed by atoms with E-state index in [4.69, 9.17) is 11.0 Å². The van der Waals surface area contributed by atoms with Crippen LogP contribution < -0.4 is 5.73 Å². The fraction of sp³-hybridized carbons (Fsp3) is 0.300. The second kappa shape index (κ2) is 5.58. The predicted octanol–water partition coefficient (Wildman–Crippen LogP) is 2.33. The van der Waals surface area contributed by atoms with Crippen LogP contribution in [0.2, 0.25) is 0 Å². The molecule has 0 aliphatic carbocycles. The van der Waals surface area contributed by atoms with Gasteiger partial charge in [0.15, 0.2) is 0 Å². The number of rotatable bonds is 2. The molecule has 0 saturated heterocycles. The van der Waals surface area contributed by atoms with E-state index in [0.29, 0.717) is 6.42 Å². The lowest BCUT2D eigenvalue weighted by molar-refractivity contribution is 0.742. The summed E-state index contributed by atoms with van der Waals surface area (Å²) in [4.78, 5) is 0.